The third-order valence-electron chi connectivity index (χ3n) is 3.54. The van der Waals surface area contributed by atoms with E-state index in [2.05, 4.69) is 19.9 Å². The zero-order valence-corrected chi connectivity index (χ0v) is 8.36. The molecular formula is C11H18O2. The van der Waals surface area contributed by atoms with Crippen molar-refractivity contribution in [2.45, 2.75) is 33.0 Å². The summed E-state index contributed by atoms with van der Waals surface area (Å²) in [7, 11) is 0. The molecule has 0 aromatic carbocycles. The Balaban J connectivity index is 2.16. The molecule has 0 radical (unpaired) electrons. The van der Waals surface area contributed by atoms with Gasteiger partial charge in [-0.25, -0.2) is 0 Å². The van der Waals surface area contributed by atoms with Crippen LogP contribution in [0.25, 0.3) is 0 Å². The Kier molecular flexibility index (Phi) is 2.43. The van der Waals surface area contributed by atoms with Gasteiger partial charge in [0, 0.05) is 5.92 Å². The topological polar surface area (TPSA) is 29.5 Å². The highest BCUT2D eigenvalue weighted by molar-refractivity contribution is 5.11. The van der Waals surface area contributed by atoms with Gasteiger partial charge in [-0.05, 0) is 31.6 Å². The molecule has 2 nitrogen and oxygen atoms in total. The second-order valence-corrected chi connectivity index (χ2v) is 4.43. The van der Waals surface area contributed by atoms with Gasteiger partial charge < -0.3 is 9.84 Å². The van der Waals surface area contributed by atoms with E-state index in [4.69, 9.17) is 4.74 Å². The van der Waals surface area contributed by atoms with Crippen LogP contribution in [0.5, 0.6) is 0 Å². The van der Waals surface area contributed by atoms with Crippen molar-refractivity contribution >= 4 is 0 Å². The number of fused-ring (bicyclic) bond motifs is 1. The molecule has 2 rings (SSSR count). The number of aliphatic hydroxyl groups excluding tert-OH is 1. The number of aliphatic hydroxyl groups is 1. The average Bonchev–Trinajstić information content (AvgIpc) is 2.09. The highest BCUT2D eigenvalue weighted by Gasteiger charge is 2.35. The third-order valence-corrected chi connectivity index (χ3v) is 3.54. The van der Waals surface area contributed by atoms with Gasteiger partial charge in [0.15, 0.2) is 6.29 Å². The van der Waals surface area contributed by atoms with E-state index in [9.17, 15) is 5.11 Å². The van der Waals surface area contributed by atoms with E-state index >= 15 is 0 Å². The maximum absolute atomic E-state index is 9.66. The highest BCUT2D eigenvalue weighted by Crippen LogP contribution is 2.39. The molecule has 1 heterocycles. The van der Waals surface area contributed by atoms with Gasteiger partial charge in [0.2, 0.25) is 0 Å². The Hall–Kier alpha value is -0.340. The molecule has 4 atom stereocenters. The summed E-state index contributed by atoms with van der Waals surface area (Å²) in [6, 6.07) is 0. The second kappa shape index (κ2) is 3.43. The maximum atomic E-state index is 9.66. The van der Waals surface area contributed by atoms with Crippen LogP contribution in [-0.2, 0) is 4.74 Å². The summed E-state index contributed by atoms with van der Waals surface area (Å²) in [5, 5.41) is 9.66. The molecule has 1 saturated heterocycles. The summed E-state index contributed by atoms with van der Waals surface area (Å²) in [4.78, 5) is 0. The van der Waals surface area contributed by atoms with E-state index in [1.165, 1.54) is 5.57 Å². The average molecular weight is 182 g/mol. The molecule has 0 saturated carbocycles. The van der Waals surface area contributed by atoms with Crippen LogP contribution in [0.2, 0.25) is 0 Å². The van der Waals surface area contributed by atoms with Crippen molar-refractivity contribution in [1.29, 1.82) is 0 Å². The molecule has 1 aliphatic carbocycles. The fourth-order valence-corrected chi connectivity index (χ4v) is 2.47. The molecule has 0 amide bonds. The van der Waals surface area contributed by atoms with Crippen molar-refractivity contribution in [3.05, 3.63) is 11.6 Å². The minimum atomic E-state index is -0.523. The summed E-state index contributed by atoms with van der Waals surface area (Å²) in [6.45, 7) is 5.13. The van der Waals surface area contributed by atoms with E-state index in [1.54, 1.807) is 0 Å². The molecular weight excluding hydrogens is 164 g/mol. The largest absolute Gasteiger partial charge is 0.368 e. The first-order valence-corrected chi connectivity index (χ1v) is 5.16. The van der Waals surface area contributed by atoms with Crippen LogP contribution in [0, 0.1) is 17.8 Å². The third kappa shape index (κ3) is 1.65. The van der Waals surface area contributed by atoms with Gasteiger partial charge in [-0.15, -0.1) is 0 Å². The molecule has 0 aromatic rings. The molecule has 1 N–H and O–H groups in total. The van der Waals surface area contributed by atoms with E-state index < -0.39 is 6.29 Å². The molecule has 0 aromatic heterocycles. The molecule has 13 heavy (non-hydrogen) atoms. The van der Waals surface area contributed by atoms with Gasteiger partial charge >= 0.3 is 0 Å². The quantitative estimate of drug-likeness (QED) is 0.580. The van der Waals surface area contributed by atoms with Crippen LogP contribution in [0.1, 0.15) is 26.7 Å². The minimum Gasteiger partial charge on any atom is -0.368 e. The SMILES string of the molecule is CC1=C[C@H]2CCOC(O)[C@H]2C[C@H]1C. The standard InChI is InChI=1S/C11H18O2/c1-7-5-9-3-4-13-11(12)10(9)6-8(7)2/h5,8-12H,3-4,6H2,1-2H3/t8-,9-,10+,11?/m1/s1. The van der Waals surface area contributed by atoms with Crippen molar-refractivity contribution in [3.8, 4) is 0 Å². The van der Waals surface area contributed by atoms with E-state index in [0.29, 0.717) is 24.4 Å². The Labute approximate surface area is 79.6 Å². The summed E-state index contributed by atoms with van der Waals surface area (Å²) in [6.07, 6.45) is 3.97. The predicted molar refractivity (Wildman–Crippen MR) is 51.1 cm³/mol. The first-order chi connectivity index (χ1) is 6.18. The van der Waals surface area contributed by atoms with Gasteiger partial charge in [0.25, 0.3) is 0 Å². The predicted octanol–water partition coefficient (Wildman–Crippen LogP) is 1.94. The van der Waals surface area contributed by atoms with E-state index in [-0.39, 0.29) is 0 Å². The summed E-state index contributed by atoms with van der Waals surface area (Å²) in [5.41, 5.74) is 1.48. The van der Waals surface area contributed by atoms with Crippen LogP contribution in [0.4, 0.5) is 0 Å². The van der Waals surface area contributed by atoms with Gasteiger partial charge in [-0.3, -0.25) is 0 Å². The Morgan fingerprint density at radius 2 is 2.31 bits per heavy atom. The second-order valence-electron chi connectivity index (χ2n) is 4.43. The van der Waals surface area contributed by atoms with E-state index in [1.807, 2.05) is 0 Å². The lowest BCUT2D eigenvalue weighted by molar-refractivity contribution is -0.176. The summed E-state index contributed by atoms with van der Waals surface area (Å²) < 4.78 is 5.26. The molecule has 0 bridgehead atoms. The fourth-order valence-electron chi connectivity index (χ4n) is 2.47. The number of rotatable bonds is 0. The molecule has 0 spiro atoms. The molecule has 1 unspecified atom stereocenters. The Morgan fingerprint density at radius 1 is 1.54 bits per heavy atom. The maximum Gasteiger partial charge on any atom is 0.157 e. The number of hydrogen-bond donors (Lipinski definition) is 1. The lowest BCUT2D eigenvalue weighted by atomic mass is 9.73. The highest BCUT2D eigenvalue weighted by atomic mass is 16.6. The lowest BCUT2D eigenvalue weighted by Crippen LogP contribution is -2.38. The van der Waals surface area contributed by atoms with Crippen LogP contribution < -0.4 is 0 Å². The van der Waals surface area contributed by atoms with Crippen molar-refractivity contribution in [1.82, 2.24) is 0 Å². The molecule has 2 heteroatoms. The first kappa shape index (κ1) is 9.22. The summed E-state index contributed by atoms with van der Waals surface area (Å²) >= 11 is 0. The molecule has 1 aliphatic heterocycles. The van der Waals surface area contributed by atoms with Crippen LogP contribution in [-0.4, -0.2) is 18.0 Å². The summed E-state index contributed by atoms with van der Waals surface area (Å²) in [5.74, 6) is 1.50. The van der Waals surface area contributed by atoms with Crippen molar-refractivity contribution in [3.63, 3.8) is 0 Å². The number of ether oxygens (including phenoxy) is 1. The van der Waals surface area contributed by atoms with E-state index in [0.717, 1.165) is 12.8 Å². The van der Waals surface area contributed by atoms with Crippen molar-refractivity contribution in [2.24, 2.45) is 17.8 Å². The van der Waals surface area contributed by atoms with Gasteiger partial charge in [0.05, 0.1) is 6.61 Å². The number of allylic oxidation sites excluding steroid dienone is 2. The number of hydrogen-bond acceptors (Lipinski definition) is 2. The van der Waals surface area contributed by atoms with Crippen LogP contribution >= 0.6 is 0 Å². The Bertz CT molecular complexity index is 222. The fraction of sp³-hybridized carbons (Fsp3) is 0.818. The van der Waals surface area contributed by atoms with Gasteiger partial charge in [0.1, 0.15) is 0 Å². The zero-order chi connectivity index (χ0) is 9.42. The Morgan fingerprint density at radius 3 is 3.08 bits per heavy atom. The van der Waals surface area contributed by atoms with Crippen molar-refractivity contribution < 1.29 is 9.84 Å². The minimum absolute atomic E-state index is 0.340. The van der Waals surface area contributed by atoms with Crippen LogP contribution in [0.15, 0.2) is 11.6 Å². The van der Waals surface area contributed by atoms with Crippen molar-refractivity contribution in [2.75, 3.05) is 6.61 Å². The molecule has 1 fully saturated rings. The normalized spacial score (nSPS) is 45.3. The smallest absolute Gasteiger partial charge is 0.157 e. The monoisotopic (exact) mass is 182 g/mol. The molecule has 2 aliphatic rings. The van der Waals surface area contributed by atoms with Crippen LogP contribution in [0.3, 0.4) is 0 Å². The van der Waals surface area contributed by atoms with Gasteiger partial charge in [-0.1, -0.05) is 18.6 Å². The zero-order valence-electron chi connectivity index (χ0n) is 8.36. The van der Waals surface area contributed by atoms with Gasteiger partial charge in [-0.2, -0.15) is 0 Å². The lowest BCUT2D eigenvalue weighted by Gasteiger charge is -2.39. The first-order valence-electron chi connectivity index (χ1n) is 5.16. The molecule has 74 valence electrons.